The fraction of sp³-hybridized carbons (Fsp3) is 0.471. The minimum Gasteiger partial charge on any atom is -1.00 e. The van der Waals surface area contributed by atoms with Gasteiger partial charge in [-0.05, 0) is 26.3 Å². The molecule has 1 amide bonds. The lowest BCUT2D eigenvalue weighted by atomic mass is 10.1. The average Bonchev–Trinajstić information content (AvgIpc) is 2.94. The van der Waals surface area contributed by atoms with Crippen molar-refractivity contribution in [2.45, 2.75) is 38.8 Å². The van der Waals surface area contributed by atoms with Crippen LogP contribution in [-0.2, 0) is 22.5 Å². The van der Waals surface area contributed by atoms with E-state index in [1.165, 1.54) is 0 Å². The standard InChI is InChI=1S/C17H21BrN2O2S.BrH/c1-17(2,3)22-16(21)20-14(9-12-7-5-4-6-8-12)15-19-13(10-18)11-23-15;/h4-8,14H,9-11H2,1-3H3;1H/t14-;/m0./s1. The molecule has 0 bridgehead atoms. The molecule has 0 unspecified atom stereocenters. The SMILES string of the molecule is CC(C)(C)OC(=O)N[C@@H](Cc1ccccc1)C1=[S+]CC(CBr)=N1.[Br-]. The smallest absolute Gasteiger partial charge is 0.408 e. The van der Waals surface area contributed by atoms with Gasteiger partial charge in [-0.3, -0.25) is 0 Å². The second kappa shape index (κ2) is 9.63. The van der Waals surface area contributed by atoms with Gasteiger partial charge in [-0.25, -0.2) is 4.79 Å². The molecule has 2 rings (SSSR count). The minimum absolute atomic E-state index is 0. The number of hydrogen-bond donors (Lipinski definition) is 1. The maximum Gasteiger partial charge on any atom is 0.408 e. The maximum absolute atomic E-state index is 12.2. The number of carbonyl (C=O) groups excluding carboxylic acids is 1. The molecule has 0 saturated heterocycles. The van der Waals surface area contributed by atoms with E-state index in [0.29, 0.717) is 6.42 Å². The van der Waals surface area contributed by atoms with Crippen molar-refractivity contribution in [1.82, 2.24) is 5.32 Å². The first kappa shape index (κ1) is 21.3. The van der Waals surface area contributed by atoms with Gasteiger partial charge in [0.1, 0.15) is 11.6 Å². The molecular formula is C17H22Br2N2O2S. The molecular weight excluding hydrogens is 456 g/mol. The summed E-state index contributed by atoms with van der Waals surface area (Å²) >= 11 is 5.12. The zero-order chi connectivity index (χ0) is 16.9. The van der Waals surface area contributed by atoms with Gasteiger partial charge in [0.05, 0.1) is 5.71 Å². The molecule has 1 aromatic carbocycles. The summed E-state index contributed by atoms with van der Waals surface area (Å²) in [6.07, 6.45) is 0.288. The molecule has 7 heteroatoms. The Kier molecular flexibility index (Phi) is 8.53. The lowest BCUT2D eigenvalue weighted by Crippen LogP contribution is -3.00. The molecule has 1 aliphatic rings. The fourth-order valence-electron chi connectivity index (χ4n) is 2.12. The summed E-state index contributed by atoms with van der Waals surface area (Å²) in [5, 5.41) is 3.73. The number of amides is 1. The summed E-state index contributed by atoms with van der Waals surface area (Å²) in [5.74, 6) is 0.863. The Balaban J connectivity index is 0.00000288. The predicted octanol–water partition coefficient (Wildman–Crippen LogP) is 0.188. The monoisotopic (exact) mass is 476 g/mol. The van der Waals surface area contributed by atoms with Crippen LogP contribution < -0.4 is 22.3 Å². The van der Waals surface area contributed by atoms with Crippen molar-refractivity contribution in [2.75, 3.05) is 11.1 Å². The third-order valence-electron chi connectivity index (χ3n) is 3.08. The van der Waals surface area contributed by atoms with Crippen LogP contribution in [-0.4, -0.2) is 39.5 Å². The first-order chi connectivity index (χ1) is 10.9. The van der Waals surface area contributed by atoms with Gasteiger partial charge >= 0.3 is 11.1 Å². The summed E-state index contributed by atoms with van der Waals surface area (Å²) in [6.45, 7) is 5.58. The second-order valence-electron chi connectivity index (χ2n) is 6.33. The van der Waals surface area contributed by atoms with E-state index in [1.54, 1.807) is 11.4 Å². The van der Waals surface area contributed by atoms with Crippen LogP contribution in [0, 0.1) is 0 Å². The Hall–Kier alpha value is -0.790. The van der Waals surface area contributed by atoms with E-state index in [-0.39, 0.29) is 23.0 Å². The van der Waals surface area contributed by atoms with Crippen molar-refractivity contribution in [1.29, 1.82) is 0 Å². The quantitative estimate of drug-likeness (QED) is 0.374. The van der Waals surface area contributed by atoms with Gasteiger partial charge in [-0.15, -0.1) is 0 Å². The highest BCUT2D eigenvalue weighted by atomic mass is 79.9. The molecule has 0 fully saturated rings. The van der Waals surface area contributed by atoms with Crippen LogP contribution in [0.5, 0.6) is 0 Å². The van der Waals surface area contributed by atoms with Crippen molar-refractivity contribution in [2.24, 2.45) is 4.99 Å². The molecule has 1 atom stereocenters. The zero-order valence-electron chi connectivity index (χ0n) is 14.0. The summed E-state index contributed by atoms with van der Waals surface area (Å²) in [5.41, 5.74) is 1.73. The number of rotatable bonds is 5. The van der Waals surface area contributed by atoms with E-state index >= 15 is 0 Å². The van der Waals surface area contributed by atoms with Gasteiger partial charge in [0.2, 0.25) is 17.1 Å². The number of alkyl halides is 1. The van der Waals surface area contributed by atoms with E-state index in [9.17, 15) is 4.79 Å². The molecule has 4 nitrogen and oxygen atoms in total. The molecule has 132 valence electrons. The lowest BCUT2D eigenvalue weighted by molar-refractivity contribution is -0.0000274. The van der Waals surface area contributed by atoms with Crippen LogP contribution in [0.2, 0.25) is 0 Å². The van der Waals surface area contributed by atoms with Crippen LogP contribution in [0.4, 0.5) is 4.79 Å². The Bertz CT molecular complexity index is 613. The Morgan fingerprint density at radius 2 is 2.04 bits per heavy atom. The number of alkyl carbamates (subject to hydrolysis) is 1. The number of ether oxygens (including phenoxy) is 1. The molecule has 1 aliphatic heterocycles. The topological polar surface area (TPSA) is 50.7 Å². The second-order valence-corrected chi connectivity index (χ2v) is 7.88. The number of carbonyl (C=O) groups is 1. The Morgan fingerprint density at radius 1 is 1.38 bits per heavy atom. The number of nitrogens with zero attached hydrogens (tertiary/aromatic N) is 1. The van der Waals surface area contributed by atoms with Crippen molar-refractivity contribution in [3.63, 3.8) is 0 Å². The molecule has 0 aromatic heterocycles. The minimum atomic E-state index is -0.515. The lowest BCUT2D eigenvalue weighted by Gasteiger charge is -2.21. The highest BCUT2D eigenvalue weighted by Gasteiger charge is 2.32. The fourth-order valence-corrected chi connectivity index (χ4v) is 3.73. The predicted molar refractivity (Wildman–Crippen MR) is 102 cm³/mol. The number of hydrogen-bond acceptors (Lipinski definition) is 3. The highest BCUT2D eigenvalue weighted by Crippen LogP contribution is 2.11. The summed E-state index contributed by atoms with van der Waals surface area (Å²) in [6, 6.07) is 9.92. The highest BCUT2D eigenvalue weighted by molar-refractivity contribution is 9.09. The van der Waals surface area contributed by atoms with Gasteiger partial charge in [0, 0.05) is 11.8 Å². The van der Waals surface area contributed by atoms with Crippen molar-refractivity contribution >= 4 is 44.1 Å². The molecule has 24 heavy (non-hydrogen) atoms. The summed E-state index contributed by atoms with van der Waals surface area (Å²) in [4.78, 5) is 17.7. The number of halogens is 2. The van der Waals surface area contributed by atoms with Crippen LogP contribution in [0.3, 0.4) is 0 Å². The first-order valence-electron chi connectivity index (χ1n) is 7.53. The first-order valence-corrected chi connectivity index (χ1v) is 9.63. The average molecular weight is 478 g/mol. The molecule has 0 radical (unpaired) electrons. The number of nitrogens with one attached hydrogen (secondary N) is 1. The number of aliphatic imine (C=N–C) groups is 1. The van der Waals surface area contributed by atoms with E-state index in [4.69, 9.17) is 4.74 Å². The van der Waals surface area contributed by atoms with Gasteiger partial charge in [0.25, 0.3) is 0 Å². The van der Waals surface area contributed by atoms with E-state index in [0.717, 1.165) is 27.3 Å². The number of benzene rings is 1. The molecule has 0 spiro atoms. The maximum atomic E-state index is 12.2. The van der Waals surface area contributed by atoms with Gasteiger partial charge in [0.15, 0.2) is 0 Å². The van der Waals surface area contributed by atoms with Crippen LogP contribution in [0.15, 0.2) is 35.3 Å². The van der Waals surface area contributed by atoms with Crippen LogP contribution >= 0.6 is 15.9 Å². The van der Waals surface area contributed by atoms with Crippen molar-refractivity contribution in [3.8, 4) is 0 Å². The third-order valence-corrected chi connectivity index (χ3v) is 4.88. The third kappa shape index (κ3) is 6.99. The van der Waals surface area contributed by atoms with Crippen molar-refractivity contribution < 1.29 is 26.5 Å². The van der Waals surface area contributed by atoms with Gasteiger partial charge < -0.3 is 27.0 Å². The van der Waals surface area contributed by atoms with Crippen molar-refractivity contribution in [3.05, 3.63) is 35.9 Å². The molecule has 0 aliphatic carbocycles. The molecule has 1 aromatic rings. The van der Waals surface area contributed by atoms with Gasteiger partial charge in [-0.1, -0.05) is 46.3 Å². The molecule has 0 saturated carbocycles. The van der Waals surface area contributed by atoms with Crippen LogP contribution in [0.1, 0.15) is 26.3 Å². The van der Waals surface area contributed by atoms with E-state index < -0.39 is 11.7 Å². The van der Waals surface area contributed by atoms with Crippen LogP contribution in [0.25, 0.3) is 0 Å². The van der Waals surface area contributed by atoms with E-state index in [1.807, 2.05) is 39.0 Å². The normalized spacial score (nSPS) is 15.0. The Labute approximate surface area is 166 Å². The summed E-state index contributed by atoms with van der Waals surface area (Å²) < 4.78 is 5.39. The largest absolute Gasteiger partial charge is 1.00 e. The van der Waals surface area contributed by atoms with Gasteiger partial charge in [-0.2, -0.15) is 4.99 Å². The molecule has 1 N–H and O–H groups in total. The Morgan fingerprint density at radius 3 is 2.58 bits per heavy atom. The zero-order valence-corrected chi connectivity index (χ0v) is 18.0. The summed E-state index contributed by atoms with van der Waals surface area (Å²) in [7, 11) is 0. The van der Waals surface area contributed by atoms with E-state index in [2.05, 4.69) is 38.4 Å². The molecule has 1 heterocycles.